The van der Waals surface area contributed by atoms with Gasteiger partial charge in [-0.2, -0.15) is 0 Å². The lowest BCUT2D eigenvalue weighted by Gasteiger charge is -2.42. The van der Waals surface area contributed by atoms with Gasteiger partial charge in [-0.3, -0.25) is 0 Å². The lowest BCUT2D eigenvalue weighted by atomic mass is 9.31. The number of benzene rings is 12. The molecule has 0 radical (unpaired) electrons. The van der Waals surface area contributed by atoms with E-state index in [9.17, 15) is 0 Å². The highest BCUT2D eigenvalue weighted by molar-refractivity contribution is 7.02. The van der Waals surface area contributed by atoms with Crippen LogP contribution in [0.3, 0.4) is 0 Å². The summed E-state index contributed by atoms with van der Waals surface area (Å²) in [5.74, 6) is 1.93. The van der Waals surface area contributed by atoms with Crippen LogP contribution in [0.15, 0.2) is 194 Å². The van der Waals surface area contributed by atoms with Gasteiger partial charge in [-0.05, 0) is 228 Å². The number of rotatable bonds is 10. The topological polar surface area (TPSA) is 6.48 Å². The summed E-state index contributed by atoms with van der Waals surface area (Å²) in [4.78, 5) is 5.10. The van der Waals surface area contributed by atoms with E-state index in [1.807, 2.05) is 0 Å². The van der Waals surface area contributed by atoms with Gasteiger partial charge in [-0.1, -0.05) is 227 Å². The predicted octanol–water partition coefficient (Wildman–Crippen LogP) is 19.2. The summed E-state index contributed by atoms with van der Waals surface area (Å²) in [7, 11) is 0. The molecule has 16 rings (SSSR count). The second kappa shape index (κ2) is 19.5. The standard InChI is InChI=1S/C82H74B2N2/c1-45(2)51-37-57(47(5)6)75(58(38-51)48(7)8)63-41-61-55-29-23-35-73-81(55)84(68-32-20-22-34-72(68)85(73)53-25-15-13-16-26-53)70-44-66-64(76-59(49(9)10)39-52(46(3)4)40-60(76)50(11)12)42-62-56-30-24-36-74-82(56)83(69-43-65(63)79(77(61)70)80(66)78(62)69)67-31-19-21-33-71(67)86(74)54-27-17-14-18-28-54/h13-50H,1-12H3. The summed E-state index contributed by atoms with van der Waals surface area (Å²) in [6.07, 6.45) is 0. The van der Waals surface area contributed by atoms with Crippen molar-refractivity contribution in [3.63, 3.8) is 0 Å². The van der Waals surface area contributed by atoms with Crippen molar-refractivity contribution in [2.45, 2.75) is 119 Å². The molecule has 4 heterocycles. The van der Waals surface area contributed by atoms with Gasteiger partial charge < -0.3 is 9.80 Å². The lowest BCUT2D eigenvalue weighted by molar-refractivity contribution is 0.807. The summed E-state index contributed by atoms with van der Waals surface area (Å²) in [5, 5.41) is 8.36. The van der Waals surface area contributed by atoms with Crippen molar-refractivity contribution in [3.05, 3.63) is 228 Å². The van der Waals surface area contributed by atoms with E-state index in [-0.39, 0.29) is 37.1 Å². The average molecular weight is 1110 g/mol. The molecular formula is C82H74B2N2. The molecular weight excluding hydrogens is 1030 g/mol. The maximum atomic E-state index is 2.75. The molecule has 0 amide bonds. The molecule has 12 aromatic carbocycles. The van der Waals surface area contributed by atoms with E-state index >= 15 is 0 Å². The first-order valence-corrected chi connectivity index (χ1v) is 32.1. The maximum Gasteiger partial charge on any atom is 0.248 e. The van der Waals surface area contributed by atoms with Crippen molar-refractivity contribution in [2.24, 2.45) is 0 Å². The minimum Gasteiger partial charge on any atom is -0.312 e. The Morgan fingerprint density at radius 3 is 0.953 bits per heavy atom. The molecule has 12 aromatic rings. The SMILES string of the molecule is CC(C)c1cc(C(C)C)c(-c2cc3c4c(cc5c(-c6c(C(C)C)cc(C(C)C)cc6C(C)C)cc6c7c(cc2c4c57)B2c4ccccc4N(c4ccccc4)c4cccc-6c42)B2c4ccccc4N(c4ccccc4)c4cccc-3c42)c(C(C)C)c1. The Morgan fingerprint density at radius 1 is 0.267 bits per heavy atom. The van der Waals surface area contributed by atoms with E-state index < -0.39 is 0 Å². The molecule has 0 aromatic heterocycles. The number of para-hydroxylation sites is 4. The van der Waals surface area contributed by atoms with Gasteiger partial charge in [0.15, 0.2) is 0 Å². The van der Waals surface area contributed by atoms with E-state index in [1.165, 1.54) is 177 Å². The van der Waals surface area contributed by atoms with Crippen LogP contribution in [0.2, 0.25) is 0 Å². The third-order valence-electron chi connectivity index (χ3n) is 20.4. The molecule has 0 atom stereocenters. The van der Waals surface area contributed by atoms with Gasteiger partial charge in [0.1, 0.15) is 0 Å². The zero-order chi connectivity index (χ0) is 58.9. The first kappa shape index (κ1) is 52.9. The van der Waals surface area contributed by atoms with Gasteiger partial charge in [0, 0.05) is 34.1 Å². The van der Waals surface area contributed by atoms with Crippen LogP contribution >= 0.6 is 0 Å². The number of anilines is 6. The minimum atomic E-state index is -0.0140. The van der Waals surface area contributed by atoms with Gasteiger partial charge in [0.2, 0.25) is 13.4 Å². The van der Waals surface area contributed by atoms with E-state index in [2.05, 4.69) is 287 Å². The number of nitrogens with zero attached hydrogens (tertiary/aromatic N) is 2. The Bertz CT molecular complexity index is 4430. The molecule has 0 bridgehead atoms. The first-order chi connectivity index (χ1) is 41.7. The van der Waals surface area contributed by atoms with Crippen molar-refractivity contribution in [1.82, 2.24) is 0 Å². The fraction of sp³-hybridized carbons (Fsp3) is 0.220. The second-order valence-corrected chi connectivity index (χ2v) is 27.3. The van der Waals surface area contributed by atoms with E-state index in [0.717, 1.165) is 0 Å². The Balaban J connectivity index is 1.17. The quantitative estimate of drug-likeness (QED) is 0.0995. The number of hydrogen-bond donors (Lipinski definition) is 0. The molecule has 0 aliphatic carbocycles. The smallest absolute Gasteiger partial charge is 0.248 e. The molecule has 0 unspecified atom stereocenters. The molecule has 0 saturated carbocycles. The fourth-order valence-corrected chi connectivity index (χ4v) is 16.5. The van der Waals surface area contributed by atoms with Crippen LogP contribution in [0.4, 0.5) is 34.1 Å². The molecule has 86 heavy (non-hydrogen) atoms. The summed E-state index contributed by atoms with van der Waals surface area (Å²) in [5.41, 5.74) is 35.2. The Kier molecular flexibility index (Phi) is 12.0. The predicted molar refractivity (Wildman–Crippen MR) is 375 cm³/mol. The summed E-state index contributed by atoms with van der Waals surface area (Å²) in [6.45, 7) is 28.9. The van der Waals surface area contributed by atoms with Crippen molar-refractivity contribution in [2.75, 3.05) is 9.80 Å². The van der Waals surface area contributed by atoms with Crippen LogP contribution in [0.5, 0.6) is 0 Å². The van der Waals surface area contributed by atoms with E-state index in [1.54, 1.807) is 0 Å². The Morgan fingerprint density at radius 2 is 0.605 bits per heavy atom. The molecule has 2 nitrogen and oxygen atoms in total. The van der Waals surface area contributed by atoms with Gasteiger partial charge in [-0.15, -0.1) is 0 Å². The van der Waals surface area contributed by atoms with E-state index in [0.29, 0.717) is 11.8 Å². The molecule has 4 heteroatoms. The molecule has 418 valence electrons. The highest BCUT2D eigenvalue weighted by Crippen LogP contribution is 2.55. The lowest BCUT2D eigenvalue weighted by Crippen LogP contribution is -2.60. The van der Waals surface area contributed by atoms with Crippen LogP contribution in [0.25, 0.3) is 76.8 Å². The Hall–Kier alpha value is -8.59. The molecule has 0 fully saturated rings. The molecule has 0 N–H and O–H groups in total. The number of hydrogen-bond acceptors (Lipinski definition) is 2. The van der Waals surface area contributed by atoms with Gasteiger partial charge in [-0.25, -0.2) is 0 Å². The molecule has 0 saturated heterocycles. The zero-order valence-corrected chi connectivity index (χ0v) is 52.0. The second-order valence-electron chi connectivity index (χ2n) is 27.3. The van der Waals surface area contributed by atoms with Crippen molar-refractivity contribution < 1.29 is 0 Å². The monoisotopic (exact) mass is 1110 g/mol. The van der Waals surface area contributed by atoms with Crippen molar-refractivity contribution >= 4 is 113 Å². The fourth-order valence-electron chi connectivity index (χ4n) is 16.5. The summed E-state index contributed by atoms with van der Waals surface area (Å²) >= 11 is 0. The van der Waals surface area contributed by atoms with E-state index in [4.69, 9.17) is 0 Å². The largest absolute Gasteiger partial charge is 0.312 e. The third-order valence-corrected chi connectivity index (χ3v) is 20.4. The first-order valence-electron chi connectivity index (χ1n) is 32.1. The average Bonchev–Trinajstić information content (AvgIpc) is 0.679. The molecule has 4 aliphatic heterocycles. The highest BCUT2D eigenvalue weighted by Gasteiger charge is 2.46. The number of fused-ring (bicyclic) bond motifs is 8. The normalized spacial score (nSPS) is 13.7. The minimum absolute atomic E-state index is 0.0140. The van der Waals surface area contributed by atoms with Gasteiger partial charge in [0.05, 0.1) is 0 Å². The van der Waals surface area contributed by atoms with Gasteiger partial charge >= 0.3 is 0 Å². The van der Waals surface area contributed by atoms with Crippen molar-refractivity contribution in [3.8, 4) is 44.5 Å². The van der Waals surface area contributed by atoms with Crippen LogP contribution in [0.1, 0.15) is 152 Å². The van der Waals surface area contributed by atoms with Crippen molar-refractivity contribution in [1.29, 1.82) is 0 Å². The summed E-state index contributed by atoms with van der Waals surface area (Å²) < 4.78 is 0. The van der Waals surface area contributed by atoms with Crippen LogP contribution in [-0.4, -0.2) is 13.4 Å². The van der Waals surface area contributed by atoms with Crippen LogP contribution in [0, 0.1) is 0 Å². The Labute approximate surface area is 510 Å². The maximum absolute atomic E-state index is 2.75. The van der Waals surface area contributed by atoms with Gasteiger partial charge in [0.25, 0.3) is 0 Å². The zero-order valence-electron chi connectivity index (χ0n) is 52.0. The summed E-state index contributed by atoms with van der Waals surface area (Å²) in [6, 6.07) is 76.5. The van der Waals surface area contributed by atoms with Crippen LogP contribution in [-0.2, 0) is 0 Å². The molecule has 0 spiro atoms. The highest BCUT2D eigenvalue weighted by atomic mass is 15.2. The molecule has 4 aliphatic rings. The van der Waals surface area contributed by atoms with Crippen LogP contribution < -0.4 is 42.6 Å². The third kappa shape index (κ3) is 7.41.